The second-order valence-corrected chi connectivity index (χ2v) is 41.4. The number of carbonyl (C=O) groups is 2. The number of carbonyl (C=O) groups excluding carboxylic acids is 2. The van der Waals surface area contributed by atoms with E-state index < -0.39 is 6.43 Å². The number of halogens is 2. The molecule has 10 heterocycles. The van der Waals surface area contributed by atoms with Crippen LogP contribution in [-0.2, 0) is 63.6 Å². The second kappa shape index (κ2) is 42.8. The van der Waals surface area contributed by atoms with Crippen LogP contribution >= 0.6 is 0 Å². The molecule has 20 nitrogen and oxygen atoms in total. The molecule has 0 aliphatic rings. The number of pyridine rings is 1. The molecule has 0 aliphatic heterocycles. The topological polar surface area (TPSA) is 213 Å². The maximum Gasteiger partial charge on any atom is 0.264 e. The molecule has 10 aromatic heterocycles. The molecular formula is C117H133F2N17O3. The van der Waals surface area contributed by atoms with Gasteiger partial charge in [-0.3, -0.25) is 38.0 Å². The first-order valence-electron chi connectivity index (χ1n) is 47.1. The number of fused-ring (bicyclic) bond motifs is 4. The number of aromatic nitrogens is 15. The first-order chi connectivity index (χ1) is 65.5. The van der Waals surface area contributed by atoms with Crippen LogP contribution in [0.3, 0.4) is 0 Å². The summed E-state index contributed by atoms with van der Waals surface area (Å²) in [6.45, 7) is 46.8. The molecule has 22 heteroatoms. The maximum absolute atomic E-state index is 13.6. The zero-order valence-corrected chi connectivity index (χ0v) is 85.9. The highest BCUT2D eigenvalue weighted by molar-refractivity contribution is 6.00. The van der Waals surface area contributed by atoms with Crippen molar-refractivity contribution in [1.82, 2.24) is 72.2 Å². The Kier molecular flexibility index (Phi) is 31.7. The lowest BCUT2D eigenvalue weighted by Gasteiger charge is -2.25. The number of rotatable bonds is 14. The Morgan fingerprint density at radius 1 is 0.410 bits per heavy atom. The van der Waals surface area contributed by atoms with E-state index in [0.717, 1.165) is 83.6 Å². The van der Waals surface area contributed by atoms with Crippen LogP contribution < -0.4 is 4.74 Å². The minimum atomic E-state index is -2.53. The van der Waals surface area contributed by atoms with E-state index in [1.54, 1.807) is 69.7 Å². The van der Waals surface area contributed by atoms with E-state index in [-0.39, 0.29) is 44.5 Å². The van der Waals surface area contributed by atoms with Crippen molar-refractivity contribution >= 4 is 55.2 Å². The first kappa shape index (κ1) is 103. The van der Waals surface area contributed by atoms with Crippen molar-refractivity contribution in [2.45, 2.75) is 199 Å². The summed E-state index contributed by atoms with van der Waals surface area (Å²) in [7, 11) is 11.1. The van der Waals surface area contributed by atoms with Crippen LogP contribution in [0.5, 0.6) is 5.75 Å². The lowest BCUT2D eigenvalue weighted by molar-refractivity contribution is 0.0858. The van der Waals surface area contributed by atoms with E-state index in [4.69, 9.17) is 10.00 Å². The second-order valence-electron chi connectivity index (χ2n) is 41.4. The number of Topliss-reactive ketones (excluding diaryl/α,β-unsaturated/α-hetero) is 2. The van der Waals surface area contributed by atoms with Crippen LogP contribution in [0.1, 0.15) is 221 Å². The molecule has 0 fully saturated rings. The van der Waals surface area contributed by atoms with Gasteiger partial charge in [-0.1, -0.05) is 165 Å². The van der Waals surface area contributed by atoms with Gasteiger partial charge >= 0.3 is 0 Å². The SMILES string of the molecule is CC(C)(C)c1cccc(C(=O)Cc2cccc(C#N)c2)c1.COc1ccc(-c2ccc3ccn(C(C)(C)C)c3c2)cc1.Cc1cc2cc(-c3cnn(C)c3)c(C#N)cc2n1C(C)C.Cc1cc2cc(-c3cnn(C)c3)c(C(F)F)cc2n1C(C)(C)C.Cc1cc2cc(-c3cnn(C)c3)ncc2n1C(C)C.Cn1cc(-c2ccc(C(=O)C(C)(C)C)cc2)cn1.Cn1cc(-c2cccc(C(C)(C)C)c2)cn1. The molecule has 139 heavy (non-hydrogen) atoms. The number of hydrogen-bond acceptors (Lipinski definition) is 11. The molecule has 0 saturated carbocycles. The Morgan fingerprint density at radius 2 is 0.885 bits per heavy atom. The molecule has 8 aromatic carbocycles. The smallest absolute Gasteiger partial charge is 0.264 e. The van der Waals surface area contributed by atoms with Gasteiger partial charge in [0.2, 0.25) is 0 Å². The number of ether oxygens (including phenoxy) is 1. The Bertz CT molecular complexity index is 7440. The van der Waals surface area contributed by atoms with Crippen LogP contribution in [0.4, 0.5) is 8.78 Å². The quantitative estimate of drug-likeness (QED) is 0.0934. The summed E-state index contributed by atoms with van der Waals surface area (Å²) >= 11 is 0. The number of methoxy groups -OCH3 is 1. The Labute approximate surface area is 817 Å². The van der Waals surface area contributed by atoms with E-state index in [1.807, 2.05) is 195 Å². The van der Waals surface area contributed by atoms with Crippen molar-refractivity contribution in [2.75, 3.05) is 7.11 Å². The fraction of sp³-hybridized carbons (Fsp3) is 0.316. The van der Waals surface area contributed by atoms with Gasteiger partial charge in [0.25, 0.3) is 6.43 Å². The van der Waals surface area contributed by atoms with Crippen molar-refractivity contribution in [2.24, 2.45) is 40.7 Å². The maximum atomic E-state index is 13.6. The minimum Gasteiger partial charge on any atom is -0.497 e. The summed E-state index contributed by atoms with van der Waals surface area (Å²) in [5.74, 6) is 1.13. The predicted molar refractivity (Wildman–Crippen MR) is 563 cm³/mol. The Hall–Kier alpha value is -14.9. The molecule has 0 aliphatic carbocycles. The third-order valence-electron chi connectivity index (χ3n) is 24.3. The number of aryl methyl sites for hydroxylation is 8. The molecule has 0 amide bonds. The van der Waals surface area contributed by atoms with Gasteiger partial charge in [-0.25, -0.2) is 8.78 Å². The first-order valence-corrected chi connectivity index (χ1v) is 47.1. The molecule has 18 aromatic rings. The Balaban J connectivity index is 0.000000146. The van der Waals surface area contributed by atoms with E-state index in [9.17, 15) is 23.6 Å². The molecule has 0 radical (unpaired) electrons. The summed E-state index contributed by atoms with van der Waals surface area (Å²) in [6, 6.07) is 69.8. The fourth-order valence-electron chi connectivity index (χ4n) is 17.4. The Morgan fingerprint density at radius 3 is 1.40 bits per heavy atom. The van der Waals surface area contributed by atoms with Gasteiger partial charge in [0.05, 0.1) is 78.8 Å². The zero-order chi connectivity index (χ0) is 101. The lowest BCUT2D eigenvalue weighted by Crippen LogP contribution is -2.22. The van der Waals surface area contributed by atoms with E-state index in [1.165, 1.54) is 66.4 Å². The van der Waals surface area contributed by atoms with Crippen LogP contribution in [0.25, 0.3) is 111 Å². The number of ketones is 2. The van der Waals surface area contributed by atoms with E-state index >= 15 is 0 Å². The molecule has 0 unspecified atom stereocenters. The van der Waals surface area contributed by atoms with E-state index in [2.05, 4.69) is 283 Å². The van der Waals surface area contributed by atoms with Gasteiger partial charge in [-0.15, -0.1) is 0 Å². The van der Waals surface area contributed by atoms with Crippen LogP contribution in [-0.4, -0.2) is 90.8 Å². The largest absolute Gasteiger partial charge is 0.497 e. The number of benzene rings is 8. The summed E-state index contributed by atoms with van der Waals surface area (Å²) in [5.41, 5.74) is 26.2. The molecule has 718 valence electrons. The van der Waals surface area contributed by atoms with Crippen molar-refractivity contribution in [1.29, 1.82) is 10.5 Å². The number of hydrogen-bond donors (Lipinski definition) is 0. The van der Waals surface area contributed by atoms with Gasteiger partial charge < -0.3 is 23.0 Å². The summed E-state index contributed by atoms with van der Waals surface area (Å²) < 4.78 is 50.3. The standard InChI is InChI=1S/C19H21NO.C19H19NO.C18H21F2N3.C17H18N4.C15H18N4.C15H18N2O.C14H18N2/c1-19(2,3)20-12-11-15-5-6-16(13-18(15)20)14-7-9-17(21-4)10-8-14;1-19(2,3)17-9-5-8-16(12-17)18(21)11-14-6-4-7-15(10-14)13-20;1-11-6-12-7-14(13-9-21-22(5)10-13)15(17(19)20)8-16(12)23(11)18(2,3)4;1-11(2)21-12(3)5-13-6-16(14(8-18)7-17(13)21)15-9-19-20(4)10-15;1-10(2)19-11(3)5-12-6-14(16-8-15(12)19)13-7-17-18(4)9-13;1-15(2,3)14(18)12-7-5-11(6-8-12)13-9-16-17(4)10-13;1-14(2,3)13-7-5-6-11(8-13)12-9-15-16(4)10-12/h5-13H,1-4H3;4-10,12H,11H2,1-3H3;6-10,17H,1-5H3;5-7,9-11H,1-4H3;5-10H,1-4H3;5-10H,1-4H3;5-10H,1-4H3. The van der Waals surface area contributed by atoms with Crippen molar-refractivity contribution < 1.29 is 23.1 Å². The average Bonchev–Trinajstić information content (AvgIpc) is 1.51. The summed E-state index contributed by atoms with van der Waals surface area (Å²) in [6.07, 6.45) is 20.6. The molecular weight excluding hydrogens is 1730 g/mol. The monoisotopic (exact) mass is 1860 g/mol. The predicted octanol–water partition coefficient (Wildman–Crippen LogP) is 28.2. The summed E-state index contributed by atoms with van der Waals surface area (Å²) in [5, 5.41) is 43.9. The normalized spacial score (nSPS) is 11.6. The van der Waals surface area contributed by atoms with Crippen molar-refractivity contribution in [3.8, 4) is 84.8 Å². The molecule has 18 rings (SSSR count). The lowest BCUT2D eigenvalue weighted by atomic mass is 9.85. The minimum absolute atomic E-state index is 0.0248. The molecule has 0 atom stereocenters. The third kappa shape index (κ3) is 25.3. The van der Waals surface area contributed by atoms with Gasteiger partial charge in [-0.05, 0) is 242 Å². The number of alkyl halides is 2. The summed E-state index contributed by atoms with van der Waals surface area (Å²) in [4.78, 5) is 29.1. The van der Waals surface area contributed by atoms with Crippen LogP contribution in [0.2, 0.25) is 0 Å². The van der Waals surface area contributed by atoms with Crippen molar-refractivity contribution in [3.05, 3.63) is 330 Å². The highest BCUT2D eigenvalue weighted by Gasteiger charge is 2.27. The molecule has 0 saturated heterocycles. The van der Waals surface area contributed by atoms with Gasteiger partial charge in [0, 0.05) is 207 Å². The van der Waals surface area contributed by atoms with Crippen molar-refractivity contribution in [3.63, 3.8) is 0 Å². The molecule has 0 N–H and O–H groups in total. The van der Waals surface area contributed by atoms with E-state index in [0.29, 0.717) is 40.8 Å². The third-order valence-corrected chi connectivity index (χ3v) is 24.3. The fourth-order valence-corrected chi connectivity index (χ4v) is 17.4. The zero-order valence-electron chi connectivity index (χ0n) is 85.9. The van der Waals surface area contributed by atoms with Crippen LogP contribution in [0, 0.1) is 48.8 Å². The highest BCUT2D eigenvalue weighted by atomic mass is 19.3. The number of nitriles is 2. The molecule has 0 spiro atoms. The number of nitrogens with zero attached hydrogens (tertiary/aromatic N) is 17. The average molecular weight is 1860 g/mol. The van der Waals surface area contributed by atoms with Gasteiger partial charge in [0.15, 0.2) is 11.6 Å². The van der Waals surface area contributed by atoms with Crippen LogP contribution in [0.15, 0.2) is 268 Å². The molecule has 0 bridgehead atoms. The van der Waals surface area contributed by atoms with Gasteiger partial charge in [0.1, 0.15) is 5.75 Å². The highest BCUT2D eigenvalue weighted by Crippen LogP contribution is 2.40. The van der Waals surface area contributed by atoms with Gasteiger partial charge in [-0.2, -0.15) is 36.0 Å².